The summed E-state index contributed by atoms with van der Waals surface area (Å²) in [6, 6.07) is 19.9. The molecule has 2 heteroatoms. The highest BCUT2D eigenvalue weighted by molar-refractivity contribution is 5.93. The van der Waals surface area contributed by atoms with Crippen LogP contribution in [0.15, 0.2) is 54.6 Å². The lowest BCUT2D eigenvalue weighted by molar-refractivity contribution is 0.484. The van der Waals surface area contributed by atoms with Gasteiger partial charge in [0.1, 0.15) is 11.5 Å². The van der Waals surface area contributed by atoms with Crippen molar-refractivity contribution in [2.75, 3.05) is 0 Å². The Morgan fingerprint density at radius 3 is 2.38 bits per heavy atom. The molecule has 0 saturated heterocycles. The van der Waals surface area contributed by atoms with Gasteiger partial charge in [-0.25, -0.2) is 0 Å². The van der Waals surface area contributed by atoms with Crippen LogP contribution in [0, 0.1) is 25.2 Å². The molecule has 0 aliphatic rings. The van der Waals surface area contributed by atoms with Crippen molar-refractivity contribution in [1.29, 1.82) is 5.26 Å². The van der Waals surface area contributed by atoms with Gasteiger partial charge in [-0.15, -0.1) is 0 Å². The summed E-state index contributed by atoms with van der Waals surface area (Å²) in [5, 5.41) is 11.1. The number of ether oxygens (including phenoxy) is 1. The first-order chi connectivity index (χ1) is 10.2. The summed E-state index contributed by atoms with van der Waals surface area (Å²) in [5.41, 5.74) is 2.92. The fourth-order valence-corrected chi connectivity index (χ4v) is 2.39. The highest BCUT2D eigenvalue weighted by Crippen LogP contribution is 2.33. The van der Waals surface area contributed by atoms with Gasteiger partial charge in [-0.2, -0.15) is 5.26 Å². The quantitative estimate of drug-likeness (QED) is 0.649. The Kier molecular flexibility index (Phi) is 3.33. The standard InChI is InChI=1S/C19H15NO/c1-13-7-8-14(2)19(11-13)21-18-10-9-15(12-20)16-5-3-4-6-17(16)18/h3-11H,1-2H3. The highest BCUT2D eigenvalue weighted by Gasteiger charge is 2.08. The molecule has 0 bridgehead atoms. The molecule has 2 nitrogen and oxygen atoms in total. The summed E-state index contributed by atoms with van der Waals surface area (Å²) in [4.78, 5) is 0. The van der Waals surface area contributed by atoms with E-state index in [1.165, 1.54) is 0 Å². The van der Waals surface area contributed by atoms with E-state index in [-0.39, 0.29) is 0 Å². The van der Waals surface area contributed by atoms with Gasteiger partial charge < -0.3 is 4.74 Å². The van der Waals surface area contributed by atoms with Crippen LogP contribution in [0.25, 0.3) is 10.8 Å². The first-order valence-electron chi connectivity index (χ1n) is 6.86. The Labute approximate surface area is 124 Å². The summed E-state index contributed by atoms with van der Waals surface area (Å²) < 4.78 is 6.09. The summed E-state index contributed by atoms with van der Waals surface area (Å²) >= 11 is 0. The van der Waals surface area contributed by atoms with Crippen LogP contribution in [-0.4, -0.2) is 0 Å². The van der Waals surface area contributed by atoms with Crippen LogP contribution in [0.1, 0.15) is 16.7 Å². The van der Waals surface area contributed by atoms with Crippen molar-refractivity contribution in [3.8, 4) is 17.6 Å². The molecule has 3 rings (SSSR count). The number of aryl methyl sites for hydroxylation is 2. The van der Waals surface area contributed by atoms with Crippen LogP contribution in [0.2, 0.25) is 0 Å². The SMILES string of the molecule is Cc1ccc(C)c(Oc2ccc(C#N)c3ccccc23)c1. The molecule has 21 heavy (non-hydrogen) atoms. The summed E-state index contributed by atoms with van der Waals surface area (Å²) in [5.74, 6) is 1.63. The number of benzene rings is 3. The van der Waals surface area contributed by atoms with Crippen molar-refractivity contribution in [3.63, 3.8) is 0 Å². The predicted molar refractivity (Wildman–Crippen MR) is 84.7 cm³/mol. The Morgan fingerprint density at radius 2 is 1.62 bits per heavy atom. The topological polar surface area (TPSA) is 33.0 Å². The van der Waals surface area contributed by atoms with Crippen molar-refractivity contribution < 1.29 is 4.74 Å². The minimum atomic E-state index is 0.666. The summed E-state index contributed by atoms with van der Waals surface area (Å²) in [6.45, 7) is 4.07. The predicted octanol–water partition coefficient (Wildman–Crippen LogP) is 5.12. The number of hydrogen-bond donors (Lipinski definition) is 0. The molecule has 0 heterocycles. The van der Waals surface area contributed by atoms with E-state index in [2.05, 4.69) is 18.2 Å². The smallest absolute Gasteiger partial charge is 0.135 e. The molecule has 0 aromatic heterocycles. The monoisotopic (exact) mass is 273 g/mol. The van der Waals surface area contributed by atoms with Crippen molar-refractivity contribution in [3.05, 3.63) is 71.3 Å². The van der Waals surface area contributed by atoms with Gasteiger partial charge in [-0.3, -0.25) is 0 Å². The van der Waals surface area contributed by atoms with Gasteiger partial charge in [0, 0.05) is 10.8 Å². The molecule has 0 aliphatic heterocycles. The fourth-order valence-electron chi connectivity index (χ4n) is 2.39. The number of nitriles is 1. The van der Waals surface area contributed by atoms with Crippen LogP contribution >= 0.6 is 0 Å². The maximum atomic E-state index is 9.21. The number of hydrogen-bond acceptors (Lipinski definition) is 2. The largest absolute Gasteiger partial charge is 0.456 e. The van der Waals surface area contributed by atoms with Crippen LogP contribution in [0.5, 0.6) is 11.5 Å². The van der Waals surface area contributed by atoms with Gasteiger partial charge in [0.2, 0.25) is 0 Å². The van der Waals surface area contributed by atoms with Crippen molar-refractivity contribution in [1.82, 2.24) is 0 Å². The molecule has 102 valence electrons. The van der Waals surface area contributed by atoms with E-state index in [1.807, 2.05) is 56.3 Å². The molecule has 0 amide bonds. The van der Waals surface area contributed by atoms with Gasteiger partial charge >= 0.3 is 0 Å². The zero-order valence-corrected chi connectivity index (χ0v) is 12.1. The van der Waals surface area contributed by atoms with E-state index in [0.29, 0.717) is 5.56 Å². The van der Waals surface area contributed by atoms with E-state index in [9.17, 15) is 5.26 Å². The molecule has 0 atom stereocenters. The number of rotatable bonds is 2. The second kappa shape index (κ2) is 5.30. The van der Waals surface area contributed by atoms with Crippen molar-refractivity contribution >= 4 is 10.8 Å². The van der Waals surface area contributed by atoms with E-state index in [1.54, 1.807) is 0 Å². The number of nitrogens with zero attached hydrogens (tertiary/aromatic N) is 1. The lowest BCUT2D eigenvalue weighted by Gasteiger charge is -2.12. The van der Waals surface area contributed by atoms with Crippen molar-refractivity contribution in [2.45, 2.75) is 13.8 Å². The number of fused-ring (bicyclic) bond motifs is 1. The van der Waals surface area contributed by atoms with E-state index in [4.69, 9.17) is 4.74 Å². The van der Waals surface area contributed by atoms with Crippen LogP contribution in [0.3, 0.4) is 0 Å². The molecule has 3 aromatic rings. The maximum absolute atomic E-state index is 9.21. The third-order valence-electron chi connectivity index (χ3n) is 3.57. The lowest BCUT2D eigenvalue weighted by atomic mass is 10.0. The van der Waals surface area contributed by atoms with Gasteiger partial charge in [-0.1, -0.05) is 36.4 Å². The zero-order valence-electron chi connectivity index (χ0n) is 12.1. The molecular weight excluding hydrogens is 258 g/mol. The average Bonchev–Trinajstić information content (AvgIpc) is 2.51. The molecule has 0 spiro atoms. The maximum Gasteiger partial charge on any atom is 0.135 e. The first kappa shape index (κ1) is 13.2. The zero-order chi connectivity index (χ0) is 14.8. The molecular formula is C19H15NO. The minimum Gasteiger partial charge on any atom is -0.456 e. The van der Waals surface area contributed by atoms with Gasteiger partial charge in [0.25, 0.3) is 0 Å². The Balaban J connectivity index is 2.14. The third-order valence-corrected chi connectivity index (χ3v) is 3.57. The molecule has 3 aromatic carbocycles. The average molecular weight is 273 g/mol. The second-order valence-corrected chi connectivity index (χ2v) is 5.14. The third kappa shape index (κ3) is 2.46. The van der Waals surface area contributed by atoms with Crippen LogP contribution in [-0.2, 0) is 0 Å². The first-order valence-corrected chi connectivity index (χ1v) is 6.86. The molecule has 0 fully saturated rings. The minimum absolute atomic E-state index is 0.666. The Bertz CT molecular complexity index is 859. The molecule has 0 radical (unpaired) electrons. The van der Waals surface area contributed by atoms with Gasteiger partial charge in [-0.05, 0) is 43.2 Å². The molecule has 0 unspecified atom stereocenters. The van der Waals surface area contributed by atoms with E-state index >= 15 is 0 Å². The molecule has 0 N–H and O–H groups in total. The van der Waals surface area contributed by atoms with E-state index < -0.39 is 0 Å². The van der Waals surface area contributed by atoms with E-state index in [0.717, 1.165) is 33.4 Å². The Hall–Kier alpha value is -2.79. The Morgan fingerprint density at radius 1 is 0.857 bits per heavy atom. The second-order valence-electron chi connectivity index (χ2n) is 5.14. The normalized spacial score (nSPS) is 10.3. The van der Waals surface area contributed by atoms with Crippen molar-refractivity contribution in [2.24, 2.45) is 0 Å². The highest BCUT2D eigenvalue weighted by atomic mass is 16.5. The van der Waals surface area contributed by atoms with Crippen LogP contribution < -0.4 is 4.74 Å². The van der Waals surface area contributed by atoms with Crippen LogP contribution in [0.4, 0.5) is 0 Å². The fraction of sp³-hybridized carbons (Fsp3) is 0.105. The summed E-state index contributed by atoms with van der Waals surface area (Å²) in [6.07, 6.45) is 0. The van der Waals surface area contributed by atoms with Gasteiger partial charge in [0.05, 0.1) is 11.6 Å². The molecule has 0 aliphatic carbocycles. The summed E-state index contributed by atoms with van der Waals surface area (Å²) in [7, 11) is 0. The lowest BCUT2D eigenvalue weighted by Crippen LogP contribution is -1.91. The van der Waals surface area contributed by atoms with Gasteiger partial charge in [0.15, 0.2) is 0 Å². The molecule has 0 saturated carbocycles.